The quantitative estimate of drug-likeness (QED) is 0.219. The summed E-state index contributed by atoms with van der Waals surface area (Å²) in [7, 11) is 3.38. The topological polar surface area (TPSA) is 66.3 Å². The lowest BCUT2D eigenvalue weighted by atomic mass is 10.2. The molecule has 0 atom stereocenters. The average Bonchev–Trinajstić information content (AvgIpc) is 2.87. The standard InChI is InChI=1S/C16H19Cl2F3N6.HI/c1-22-15(26-9-10-8-12(17)13(18)27(10)2)25-7-6-24-14-11(16(19,20)21)4-3-5-23-14;/h3-5,8H,6-7,9H2,1-2H3,(H,23,24)(H2,22,25,26);1H. The van der Waals surface area contributed by atoms with Crippen molar-refractivity contribution in [3.05, 3.63) is 45.8 Å². The highest BCUT2D eigenvalue weighted by molar-refractivity contribution is 14.0. The molecular formula is C16H20Cl2F3IN6. The molecule has 0 radical (unpaired) electrons. The third-order valence-corrected chi connectivity index (χ3v) is 4.54. The number of nitrogens with one attached hydrogen (secondary N) is 3. The van der Waals surface area contributed by atoms with Gasteiger partial charge in [-0.25, -0.2) is 4.98 Å². The van der Waals surface area contributed by atoms with Crippen LogP contribution in [0.1, 0.15) is 11.3 Å². The molecule has 0 spiro atoms. The first-order valence-corrected chi connectivity index (χ1v) is 8.69. The van der Waals surface area contributed by atoms with Crippen LogP contribution in [0.4, 0.5) is 19.0 Å². The van der Waals surface area contributed by atoms with E-state index in [-0.39, 0.29) is 36.3 Å². The summed E-state index contributed by atoms with van der Waals surface area (Å²) < 4.78 is 40.5. The molecular weight excluding hydrogens is 531 g/mol. The summed E-state index contributed by atoms with van der Waals surface area (Å²) in [6.07, 6.45) is -3.15. The summed E-state index contributed by atoms with van der Waals surface area (Å²) in [5, 5.41) is 9.66. The Hall–Kier alpha value is -1.40. The molecule has 0 aliphatic heterocycles. The van der Waals surface area contributed by atoms with Crippen molar-refractivity contribution in [2.45, 2.75) is 12.7 Å². The van der Waals surface area contributed by atoms with Crippen LogP contribution in [0.15, 0.2) is 29.4 Å². The van der Waals surface area contributed by atoms with Crippen molar-refractivity contribution < 1.29 is 13.2 Å². The number of alkyl halides is 3. The number of hydrogen-bond donors (Lipinski definition) is 3. The lowest BCUT2D eigenvalue weighted by Gasteiger charge is -2.15. The smallest absolute Gasteiger partial charge is 0.368 e. The third kappa shape index (κ3) is 6.59. The maximum atomic E-state index is 12.9. The van der Waals surface area contributed by atoms with Crippen LogP contribution < -0.4 is 16.0 Å². The molecule has 0 fully saturated rings. The van der Waals surface area contributed by atoms with E-state index < -0.39 is 11.7 Å². The Morgan fingerprint density at radius 2 is 1.96 bits per heavy atom. The van der Waals surface area contributed by atoms with E-state index in [9.17, 15) is 13.2 Å². The van der Waals surface area contributed by atoms with Gasteiger partial charge in [0.1, 0.15) is 11.0 Å². The van der Waals surface area contributed by atoms with Gasteiger partial charge >= 0.3 is 6.18 Å². The van der Waals surface area contributed by atoms with E-state index in [0.29, 0.717) is 29.2 Å². The number of halogens is 6. The lowest BCUT2D eigenvalue weighted by Crippen LogP contribution is -2.39. The second-order valence-electron chi connectivity index (χ2n) is 5.51. The summed E-state index contributed by atoms with van der Waals surface area (Å²) in [5.41, 5.74) is 0.0550. The normalized spacial score (nSPS) is 11.8. The molecule has 0 unspecified atom stereocenters. The largest absolute Gasteiger partial charge is 0.419 e. The number of nitrogens with zero attached hydrogens (tertiary/aromatic N) is 3. The van der Waals surface area contributed by atoms with Crippen molar-refractivity contribution in [1.29, 1.82) is 0 Å². The van der Waals surface area contributed by atoms with Crippen LogP contribution >= 0.6 is 47.2 Å². The Bertz CT molecular complexity index is 810. The molecule has 3 N–H and O–H groups in total. The SMILES string of the molecule is CN=C(NCCNc1ncccc1C(F)(F)F)NCc1cc(Cl)c(Cl)n1C.I. The van der Waals surface area contributed by atoms with Gasteiger partial charge in [0, 0.05) is 39.1 Å². The van der Waals surface area contributed by atoms with Crippen molar-refractivity contribution >= 4 is 59.0 Å². The van der Waals surface area contributed by atoms with Crippen LogP contribution in [-0.4, -0.2) is 35.6 Å². The van der Waals surface area contributed by atoms with Crippen LogP contribution in [-0.2, 0) is 19.8 Å². The summed E-state index contributed by atoms with van der Waals surface area (Å²) in [6.45, 7) is 0.985. The molecule has 0 bridgehead atoms. The first-order valence-electron chi connectivity index (χ1n) is 7.94. The van der Waals surface area contributed by atoms with E-state index in [2.05, 4.69) is 25.9 Å². The minimum absolute atomic E-state index is 0. The number of pyridine rings is 1. The predicted molar refractivity (Wildman–Crippen MR) is 117 cm³/mol. The van der Waals surface area contributed by atoms with Gasteiger partial charge in [-0.15, -0.1) is 24.0 Å². The van der Waals surface area contributed by atoms with Gasteiger partial charge in [0.2, 0.25) is 0 Å². The fourth-order valence-electron chi connectivity index (χ4n) is 2.29. The first kappa shape index (κ1) is 24.6. The van der Waals surface area contributed by atoms with Gasteiger partial charge in [-0.2, -0.15) is 13.2 Å². The fraction of sp³-hybridized carbons (Fsp3) is 0.375. The van der Waals surface area contributed by atoms with Crippen LogP contribution in [0.3, 0.4) is 0 Å². The van der Waals surface area contributed by atoms with Crippen LogP contribution in [0, 0.1) is 0 Å². The molecule has 2 heterocycles. The molecule has 0 amide bonds. The Kier molecular flexibility index (Phi) is 9.64. The monoisotopic (exact) mass is 550 g/mol. The Morgan fingerprint density at radius 1 is 1.25 bits per heavy atom. The van der Waals surface area contributed by atoms with E-state index in [0.717, 1.165) is 11.8 Å². The third-order valence-electron chi connectivity index (χ3n) is 3.70. The van der Waals surface area contributed by atoms with Crippen molar-refractivity contribution in [2.75, 3.05) is 25.5 Å². The number of aliphatic imine (C=N–C) groups is 1. The number of aromatic nitrogens is 2. The number of guanidine groups is 1. The van der Waals surface area contributed by atoms with Gasteiger partial charge in [0.05, 0.1) is 17.1 Å². The summed E-state index contributed by atoms with van der Waals surface area (Å²) in [4.78, 5) is 7.80. The minimum Gasteiger partial charge on any atom is -0.368 e. The van der Waals surface area contributed by atoms with E-state index in [1.54, 1.807) is 24.7 Å². The van der Waals surface area contributed by atoms with Crippen molar-refractivity contribution in [2.24, 2.45) is 12.0 Å². The highest BCUT2D eigenvalue weighted by Crippen LogP contribution is 2.33. The number of hydrogen-bond acceptors (Lipinski definition) is 3. The number of anilines is 1. The van der Waals surface area contributed by atoms with Crippen LogP contribution in [0.25, 0.3) is 0 Å². The Balaban J connectivity index is 0.00000392. The van der Waals surface area contributed by atoms with Crippen molar-refractivity contribution in [1.82, 2.24) is 20.2 Å². The zero-order chi connectivity index (χ0) is 20.0. The van der Waals surface area contributed by atoms with Gasteiger partial charge in [-0.05, 0) is 18.2 Å². The molecule has 0 aromatic carbocycles. The Labute approximate surface area is 187 Å². The van der Waals surface area contributed by atoms with E-state index in [1.165, 1.54) is 12.3 Å². The highest BCUT2D eigenvalue weighted by atomic mass is 127. The summed E-state index contributed by atoms with van der Waals surface area (Å²) >= 11 is 12.0. The zero-order valence-electron chi connectivity index (χ0n) is 15.1. The molecule has 12 heteroatoms. The van der Waals surface area contributed by atoms with Crippen LogP contribution in [0.2, 0.25) is 10.2 Å². The second kappa shape index (κ2) is 11.0. The maximum Gasteiger partial charge on any atom is 0.419 e. The molecule has 2 aromatic rings. The molecule has 0 aliphatic rings. The van der Waals surface area contributed by atoms with Crippen molar-refractivity contribution in [3.8, 4) is 0 Å². The van der Waals surface area contributed by atoms with Crippen LogP contribution in [0.5, 0.6) is 0 Å². The van der Waals surface area contributed by atoms with Crippen molar-refractivity contribution in [3.63, 3.8) is 0 Å². The molecule has 0 saturated carbocycles. The van der Waals surface area contributed by atoms with Gasteiger partial charge in [0.25, 0.3) is 0 Å². The first-order chi connectivity index (χ1) is 12.7. The van der Waals surface area contributed by atoms with Gasteiger partial charge in [-0.1, -0.05) is 23.2 Å². The molecule has 6 nitrogen and oxygen atoms in total. The van der Waals surface area contributed by atoms with E-state index in [4.69, 9.17) is 23.2 Å². The lowest BCUT2D eigenvalue weighted by molar-refractivity contribution is -0.137. The molecule has 0 aliphatic carbocycles. The molecule has 156 valence electrons. The second-order valence-corrected chi connectivity index (χ2v) is 6.28. The Morgan fingerprint density at radius 3 is 2.54 bits per heavy atom. The highest BCUT2D eigenvalue weighted by Gasteiger charge is 2.33. The average molecular weight is 551 g/mol. The predicted octanol–water partition coefficient (Wildman–Crippen LogP) is 4.14. The van der Waals surface area contributed by atoms with Gasteiger partial charge in [0.15, 0.2) is 5.96 Å². The van der Waals surface area contributed by atoms with E-state index in [1.807, 2.05) is 0 Å². The summed E-state index contributed by atoms with van der Waals surface area (Å²) in [5.74, 6) is 0.283. The summed E-state index contributed by atoms with van der Waals surface area (Å²) in [6, 6.07) is 3.98. The fourth-order valence-corrected chi connectivity index (χ4v) is 2.71. The van der Waals surface area contributed by atoms with E-state index >= 15 is 0 Å². The number of rotatable bonds is 6. The zero-order valence-corrected chi connectivity index (χ0v) is 18.9. The molecule has 0 saturated heterocycles. The molecule has 2 rings (SSSR count). The van der Waals surface area contributed by atoms with Gasteiger partial charge < -0.3 is 20.5 Å². The van der Waals surface area contributed by atoms with Gasteiger partial charge in [-0.3, -0.25) is 4.99 Å². The maximum absolute atomic E-state index is 12.9. The molecule has 2 aromatic heterocycles. The minimum atomic E-state index is -4.46. The molecule has 28 heavy (non-hydrogen) atoms.